The zero-order valence-corrected chi connectivity index (χ0v) is 30.8. The third kappa shape index (κ3) is 8.77. The smallest absolute Gasteiger partial charge is 0.193 e. The van der Waals surface area contributed by atoms with E-state index in [1.165, 1.54) is 136 Å². The molecule has 0 saturated heterocycles. The lowest BCUT2D eigenvalue weighted by Gasteiger charge is -2.26. The molecule has 2 aliphatic rings. The SMILES string of the molecule is CCCCCCc1cc2c(cc1CCCCCC)C(=O)c1cc3c(cc1C2)Cc1cc(CCCCCC)c(CCCCCC)cc1C3=O. The Kier molecular flexibility index (Phi) is 13.7. The Morgan fingerprint density at radius 2 is 0.646 bits per heavy atom. The maximum absolute atomic E-state index is 14.2. The molecule has 0 aliphatic heterocycles. The van der Waals surface area contributed by atoms with Crippen molar-refractivity contribution >= 4 is 11.6 Å². The maximum atomic E-state index is 14.2. The highest BCUT2D eigenvalue weighted by atomic mass is 16.1. The number of carbonyl (C=O) groups excluding carboxylic acids is 2. The van der Waals surface area contributed by atoms with Gasteiger partial charge in [0.2, 0.25) is 0 Å². The Bertz CT molecular complexity index is 1440. The second-order valence-corrected chi connectivity index (χ2v) is 15.0. The molecule has 2 aliphatic carbocycles. The maximum Gasteiger partial charge on any atom is 0.193 e. The summed E-state index contributed by atoms with van der Waals surface area (Å²) in [6.07, 6.45) is 25.8. The first-order valence-corrected chi connectivity index (χ1v) is 20.0. The number of rotatable bonds is 20. The van der Waals surface area contributed by atoms with Crippen LogP contribution >= 0.6 is 0 Å². The van der Waals surface area contributed by atoms with E-state index in [4.69, 9.17) is 0 Å². The van der Waals surface area contributed by atoms with Crippen LogP contribution in [0.1, 0.15) is 207 Å². The first-order chi connectivity index (χ1) is 23.5. The molecular weight excluding hydrogens is 585 g/mol. The van der Waals surface area contributed by atoms with Gasteiger partial charge in [-0.05, 0) is 127 Å². The third-order valence-corrected chi connectivity index (χ3v) is 11.1. The number of carbonyl (C=O) groups is 2. The molecule has 0 aromatic heterocycles. The van der Waals surface area contributed by atoms with Gasteiger partial charge < -0.3 is 0 Å². The molecule has 0 amide bonds. The second kappa shape index (κ2) is 18.1. The highest BCUT2D eigenvalue weighted by Crippen LogP contribution is 2.37. The molecule has 0 bridgehead atoms. The summed E-state index contributed by atoms with van der Waals surface area (Å²) in [7, 11) is 0. The van der Waals surface area contributed by atoms with Crippen molar-refractivity contribution in [2.75, 3.05) is 0 Å². The summed E-state index contributed by atoms with van der Waals surface area (Å²) in [6.45, 7) is 9.06. The highest BCUT2D eigenvalue weighted by molar-refractivity contribution is 6.17. The van der Waals surface area contributed by atoms with Crippen molar-refractivity contribution in [2.24, 2.45) is 0 Å². The van der Waals surface area contributed by atoms with Crippen molar-refractivity contribution < 1.29 is 9.59 Å². The number of ketones is 2. The lowest BCUT2D eigenvalue weighted by atomic mass is 9.76. The molecule has 3 aromatic rings. The van der Waals surface area contributed by atoms with Gasteiger partial charge in [0.15, 0.2) is 11.6 Å². The minimum Gasteiger partial charge on any atom is -0.289 e. The molecule has 48 heavy (non-hydrogen) atoms. The van der Waals surface area contributed by atoms with Crippen LogP contribution in [0.3, 0.4) is 0 Å². The number of fused-ring (bicyclic) bond motifs is 4. The van der Waals surface area contributed by atoms with E-state index in [0.29, 0.717) is 0 Å². The molecular formula is C46H62O2. The van der Waals surface area contributed by atoms with E-state index in [1.54, 1.807) is 0 Å². The van der Waals surface area contributed by atoms with Gasteiger partial charge in [-0.3, -0.25) is 9.59 Å². The normalized spacial score (nSPS) is 13.3. The zero-order chi connectivity index (χ0) is 33.9. The summed E-state index contributed by atoms with van der Waals surface area (Å²) >= 11 is 0. The van der Waals surface area contributed by atoms with Gasteiger partial charge in [-0.15, -0.1) is 0 Å². The van der Waals surface area contributed by atoms with E-state index in [2.05, 4.69) is 58.0 Å². The van der Waals surface area contributed by atoms with E-state index in [-0.39, 0.29) is 11.6 Å². The molecule has 258 valence electrons. The highest BCUT2D eigenvalue weighted by Gasteiger charge is 2.31. The Balaban J connectivity index is 1.43. The van der Waals surface area contributed by atoms with Gasteiger partial charge in [0, 0.05) is 22.3 Å². The first kappa shape index (κ1) is 36.3. The number of hydrogen-bond donors (Lipinski definition) is 0. The van der Waals surface area contributed by atoms with Crippen molar-refractivity contribution in [3.05, 3.63) is 103 Å². The first-order valence-electron chi connectivity index (χ1n) is 20.0. The Labute approximate surface area is 292 Å². The summed E-state index contributed by atoms with van der Waals surface area (Å²) in [5.41, 5.74) is 13.5. The fourth-order valence-electron chi connectivity index (χ4n) is 8.21. The molecule has 0 unspecified atom stereocenters. The van der Waals surface area contributed by atoms with Crippen LogP contribution in [-0.4, -0.2) is 11.6 Å². The Hall–Kier alpha value is -3.00. The molecule has 0 heterocycles. The monoisotopic (exact) mass is 646 g/mol. The zero-order valence-electron chi connectivity index (χ0n) is 30.8. The van der Waals surface area contributed by atoms with Gasteiger partial charge >= 0.3 is 0 Å². The van der Waals surface area contributed by atoms with Gasteiger partial charge in [0.25, 0.3) is 0 Å². The van der Waals surface area contributed by atoms with Crippen molar-refractivity contribution in [3.8, 4) is 0 Å². The van der Waals surface area contributed by atoms with Gasteiger partial charge in [0.1, 0.15) is 0 Å². The van der Waals surface area contributed by atoms with Crippen LogP contribution in [0.4, 0.5) is 0 Å². The van der Waals surface area contributed by atoms with Crippen LogP contribution in [0.2, 0.25) is 0 Å². The van der Waals surface area contributed by atoms with E-state index in [1.807, 2.05) is 6.07 Å². The summed E-state index contributed by atoms with van der Waals surface area (Å²) in [5, 5.41) is 0. The van der Waals surface area contributed by atoms with Gasteiger partial charge in [-0.2, -0.15) is 0 Å². The van der Waals surface area contributed by atoms with Crippen molar-refractivity contribution in [1.29, 1.82) is 0 Å². The quantitative estimate of drug-likeness (QED) is 0.0789. The van der Waals surface area contributed by atoms with E-state index < -0.39 is 0 Å². The fourth-order valence-corrected chi connectivity index (χ4v) is 8.21. The molecule has 5 rings (SSSR count). The third-order valence-electron chi connectivity index (χ3n) is 11.1. The van der Waals surface area contributed by atoms with E-state index in [0.717, 1.165) is 71.9 Å². The Morgan fingerprint density at radius 1 is 0.354 bits per heavy atom. The van der Waals surface area contributed by atoms with Crippen LogP contribution in [0, 0.1) is 0 Å². The largest absolute Gasteiger partial charge is 0.289 e. The minimum atomic E-state index is 0.110. The average molecular weight is 647 g/mol. The fraction of sp³-hybridized carbons (Fsp3) is 0.565. The average Bonchev–Trinajstić information content (AvgIpc) is 3.09. The van der Waals surface area contributed by atoms with E-state index >= 15 is 0 Å². The molecule has 3 aromatic carbocycles. The van der Waals surface area contributed by atoms with Crippen molar-refractivity contribution in [1.82, 2.24) is 0 Å². The summed E-state index contributed by atoms with van der Waals surface area (Å²) in [6, 6.07) is 13.4. The predicted octanol–water partition coefficient (Wildman–Crippen LogP) is 12.4. The minimum absolute atomic E-state index is 0.110. The van der Waals surface area contributed by atoms with Gasteiger partial charge in [-0.25, -0.2) is 0 Å². The van der Waals surface area contributed by atoms with Gasteiger partial charge in [0.05, 0.1) is 0 Å². The van der Waals surface area contributed by atoms with Crippen LogP contribution in [0.25, 0.3) is 0 Å². The molecule has 2 heteroatoms. The molecule has 2 nitrogen and oxygen atoms in total. The molecule has 0 fully saturated rings. The van der Waals surface area contributed by atoms with Crippen molar-refractivity contribution in [3.63, 3.8) is 0 Å². The topological polar surface area (TPSA) is 34.1 Å². The summed E-state index contributed by atoms with van der Waals surface area (Å²) < 4.78 is 0. The number of hydrogen-bond acceptors (Lipinski definition) is 2. The lowest BCUT2D eigenvalue weighted by Crippen LogP contribution is -2.22. The van der Waals surface area contributed by atoms with Gasteiger partial charge in [-0.1, -0.05) is 123 Å². The molecule has 0 spiro atoms. The molecule has 0 saturated carbocycles. The number of aryl methyl sites for hydroxylation is 4. The number of unbranched alkanes of at least 4 members (excludes halogenated alkanes) is 12. The van der Waals surface area contributed by atoms with Crippen LogP contribution < -0.4 is 0 Å². The molecule has 0 N–H and O–H groups in total. The molecule has 0 atom stereocenters. The molecule has 0 radical (unpaired) electrons. The summed E-state index contributed by atoms with van der Waals surface area (Å²) in [5.74, 6) is 0.220. The summed E-state index contributed by atoms with van der Waals surface area (Å²) in [4.78, 5) is 28.4. The van der Waals surface area contributed by atoms with Crippen LogP contribution in [0.5, 0.6) is 0 Å². The standard InChI is InChI=1S/C46H62O2/c1-5-9-13-17-21-33-25-37-27-39-29-40-28-38-26-34(22-18-14-10-6-2)36(24-20-16-12-8-4)31-42(38)46(48)44(40)32-43(39)45(47)41(37)30-35(33)23-19-15-11-7-3/h25-26,29-32H,5-24,27-28H2,1-4H3. The Morgan fingerprint density at radius 3 is 0.979 bits per heavy atom. The van der Waals surface area contributed by atoms with E-state index in [9.17, 15) is 9.59 Å². The van der Waals surface area contributed by atoms with Crippen LogP contribution in [0.15, 0.2) is 36.4 Å². The lowest BCUT2D eigenvalue weighted by molar-refractivity contribution is 0.103. The van der Waals surface area contributed by atoms with Crippen LogP contribution in [-0.2, 0) is 38.5 Å². The van der Waals surface area contributed by atoms with Crippen molar-refractivity contribution in [2.45, 2.75) is 169 Å². The second-order valence-electron chi connectivity index (χ2n) is 15.0. The number of benzene rings is 3. The predicted molar refractivity (Wildman–Crippen MR) is 203 cm³/mol.